The van der Waals surface area contributed by atoms with Crippen LogP contribution in [0.25, 0.3) is 10.9 Å². The molecule has 0 radical (unpaired) electrons. The molecule has 0 N–H and O–H groups in total. The van der Waals surface area contributed by atoms with Crippen molar-refractivity contribution in [2.24, 2.45) is 7.05 Å². The summed E-state index contributed by atoms with van der Waals surface area (Å²) in [5.74, 6) is 0.617. The van der Waals surface area contributed by atoms with Gasteiger partial charge in [0.1, 0.15) is 0 Å². The van der Waals surface area contributed by atoms with Crippen LogP contribution >= 0.6 is 25.3 Å². The predicted molar refractivity (Wildman–Crippen MR) is 84.7 cm³/mol. The summed E-state index contributed by atoms with van der Waals surface area (Å²) in [6.07, 6.45) is 0.639. The first kappa shape index (κ1) is 14.3. The van der Waals surface area contributed by atoms with Crippen LogP contribution in [-0.2, 0) is 13.6 Å². The van der Waals surface area contributed by atoms with Crippen molar-refractivity contribution in [1.82, 2.24) is 9.13 Å². The number of aryl methyl sites for hydroxylation is 1. The minimum absolute atomic E-state index is 0.0754. The van der Waals surface area contributed by atoms with Gasteiger partial charge in [0, 0.05) is 24.6 Å². The number of thiol groups is 2. The lowest BCUT2D eigenvalue weighted by atomic mass is 10.2. The number of hydrogen-bond donors (Lipinski definition) is 2. The summed E-state index contributed by atoms with van der Waals surface area (Å²) in [5, 5.41) is 0.637. The Morgan fingerprint density at radius 2 is 1.95 bits per heavy atom. The largest absolute Gasteiger partial charge is 0.331 e. The van der Waals surface area contributed by atoms with Crippen LogP contribution in [0.4, 0.5) is 0 Å². The smallest absolute Gasteiger partial charge is 0.296 e. The van der Waals surface area contributed by atoms with Gasteiger partial charge >= 0.3 is 5.69 Å². The second-order valence-corrected chi connectivity index (χ2v) is 5.54. The van der Waals surface area contributed by atoms with Crippen molar-refractivity contribution >= 4 is 36.2 Å². The molecule has 2 aromatic rings. The van der Waals surface area contributed by atoms with E-state index in [4.69, 9.17) is 0 Å². The third-order valence-electron chi connectivity index (χ3n) is 3.16. The SMILES string of the molecule is Cn1c(=O)n(CC[C@@H](S)CS)c(=O)c2ccccc21. The van der Waals surface area contributed by atoms with Crippen molar-refractivity contribution in [3.05, 3.63) is 45.1 Å². The normalized spacial score (nSPS) is 12.8. The highest BCUT2D eigenvalue weighted by atomic mass is 32.1. The first-order valence-corrected chi connectivity index (χ1v) is 7.18. The van der Waals surface area contributed by atoms with E-state index >= 15 is 0 Å². The highest BCUT2D eigenvalue weighted by molar-refractivity contribution is 7.84. The Balaban J connectivity index is 2.56. The Morgan fingerprint density at radius 1 is 1.26 bits per heavy atom. The number of nitrogens with zero attached hydrogens (tertiary/aromatic N) is 2. The van der Waals surface area contributed by atoms with Gasteiger partial charge in [0.15, 0.2) is 0 Å². The number of hydrogen-bond acceptors (Lipinski definition) is 4. The first-order valence-electron chi connectivity index (χ1n) is 6.03. The molecule has 102 valence electrons. The van der Waals surface area contributed by atoms with Crippen molar-refractivity contribution in [1.29, 1.82) is 0 Å². The van der Waals surface area contributed by atoms with Crippen molar-refractivity contribution in [2.75, 3.05) is 5.75 Å². The Kier molecular flexibility index (Phi) is 4.42. The number of benzene rings is 1. The summed E-state index contributed by atoms with van der Waals surface area (Å²) in [5.41, 5.74) is 0.132. The minimum Gasteiger partial charge on any atom is -0.296 e. The van der Waals surface area contributed by atoms with Crippen molar-refractivity contribution in [3.63, 3.8) is 0 Å². The summed E-state index contributed by atoms with van der Waals surface area (Å²) < 4.78 is 2.78. The van der Waals surface area contributed by atoms with Gasteiger partial charge in [0.05, 0.1) is 10.9 Å². The molecule has 0 saturated heterocycles. The average molecular weight is 296 g/mol. The van der Waals surface area contributed by atoms with Crippen molar-refractivity contribution < 1.29 is 0 Å². The second-order valence-electron chi connectivity index (χ2n) is 4.44. The van der Waals surface area contributed by atoms with E-state index in [0.717, 1.165) is 0 Å². The zero-order valence-corrected chi connectivity index (χ0v) is 12.4. The van der Waals surface area contributed by atoms with Gasteiger partial charge in [-0.3, -0.25) is 13.9 Å². The van der Waals surface area contributed by atoms with Crippen LogP contribution in [0.15, 0.2) is 33.9 Å². The third kappa shape index (κ3) is 2.74. The van der Waals surface area contributed by atoms with Crippen LogP contribution in [0.2, 0.25) is 0 Å². The monoisotopic (exact) mass is 296 g/mol. The van der Waals surface area contributed by atoms with Gasteiger partial charge in [-0.05, 0) is 18.6 Å². The maximum atomic E-state index is 12.3. The maximum Gasteiger partial charge on any atom is 0.331 e. The van der Waals surface area contributed by atoms with E-state index in [-0.39, 0.29) is 16.5 Å². The molecule has 0 fully saturated rings. The molecule has 0 unspecified atom stereocenters. The average Bonchev–Trinajstić information content (AvgIpc) is 2.44. The molecular weight excluding hydrogens is 280 g/mol. The molecule has 0 aliphatic carbocycles. The molecule has 0 aliphatic rings. The summed E-state index contributed by atoms with van der Waals surface area (Å²) >= 11 is 8.47. The van der Waals surface area contributed by atoms with E-state index in [0.29, 0.717) is 29.6 Å². The number of rotatable bonds is 4. The molecule has 0 bridgehead atoms. The molecule has 1 aromatic heterocycles. The molecule has 0 aliphatic heterocycles. The van der Waals surface area contributed by atoms with Crippen LogP contribution < -0.4 is 11.2 Å². The number of fused-ring (bicyclic) bond motifs is 1. The molecule has 1 heterocycles. The summed E-state index contributed by atoms with van der Waals surface area (Å²) in [7, 11) is 1.68. The molecule has 0 saturated carbocycles. The second kappa shape index (κ2) is 5.88. The van der Waals surface area contributed by atoms with Gasteiger partial charge in [0.2, 0.25) is 0 Å². The highest BCUT2D eigenvalue weighted by Crippen LogP contribution is 2.07. The molecule has 19 heavy (non-hydrogen) atoms. The fourth-order valence-electron chi connectivity index (χ4n) is 2.03. The quantitative estimate of drug-likeness (QED) is 0.836. The van der Waals surface area contributed by atoms with E-state index in [1.54, 1.807) is 25.2 Å². The van der Waals surface area contributed by atoms with Crippen LogP contribution in [0.3, 0.4) is 0 Å². The molecule has 4 nitrogen and oxygen atoms in total. The lowest BCUT2D eigenvalue weighted by Gasteiger charge is -2.12. The van der Waals surface area contributed by atoms with Gasteiger partial charge in [-0.15, -0.1) is 0 Å². The van der Waals surface area contributed by atoms with E-state index in [1.165, 1.54) is 9.13 Å². The highest BCUT2D eigenvalue weighted by Gasteiger charge is 2.11. The van der Waals surface area contributed by atoms with Crippen LogP contribution in [0, 0.1) is 0 Å². The fraction of sp³-hybridized carbons (Fsp3) is 0.385. The predicted octanol–water partition coefficient (Wildman–Crippen LogP) is 1.32. The Labute approximate surface area is 121 Å². The van der Waals surface area contributed by atoms with Crippen molar-refractivity contribution in [3.8, 4) is 0 Å². The topological polar surface area (TPSA) is 44.0 Å². The van der Waals surface area contributed by atoms with Gasteiger partial charge in [-0.25, -0.2) is 4.79 Å². The number of para-hydroxylation sites is 1. The molecule has 0 spiro atoms. The summed E-state index contributed by atoms with van der Waals surface area (Å²) in [4.78, 5) is 24.5. The lowest BCUT2D eigenvalue weighted by Crippen LogP contribution is -2.39. The summed E-state index contributed by atoms with van der Waals surface area (Å²) in [6.45, 7) is 0.366. The Hall–Kier alpha value is -1.14. The van der Waals surface area contributed by atoms with Gasteiger partial charge in [-0.1, -0.05) is 12.1 Å². The summed E-state index contributed by atoms with van der Waals surface area (Å²) in [6, 6.07) is 7.13. The van der Waals surface area contributed by atoms with Gasteiger partial charge in [0.25, 0.3) is 5.56 Å². The molecule has 1 atom stereocenters. The number of aromatic nitrogens is 2. The van der Waals surface area contributed by atoms with Crippen LogP contribution in [-0.4, -0.2) is 20.1 Å². The van der Waals surface area contributed by atoms with Crippen LogP contribution in [0.5, 0.6) is 0 Å². The molecule has 6 heteroatoms. The minimum atomic E-state index is -0.289. The van der Waals surface area contributed by atoms with Crippen LogP contribution in [0.1, 0.15) is 6.42 Å². The third-order valence-corrected chi connectivity index (χ3v) is 4.33. The van der Waals surface area contributed by atoms with E-state index < -0.39 is 0 Å². The van der Waals surface area contributed by atoms with E-state index in [2.05, 4.69) is 25.3 Å². The molecule has 0 amide bonds. The Morgan fingerprint density at radius 3 is 2.63 bits per heavy atom. The fourth-order valence-corrected chi connectivity index (χ4v) is 2.33. The van der Waals surface area contributed by atoms with E-state index in [9.17, 15) is 9.59 Å². The van der Waals surface area contributed by atoms with E-state index in [1.807, 2.05) is 6.07 Å². The standard InChI is InChI=1S/C13H16N2O2S2/c1-14-11-5-3-2-4-10(11)12(16)15(13(14)17)7-6-9(19)8-18/h2-5,9,18-19H,6-8H2,1H3/t9-/m1/s1. The maximum absolute atomic E-state index is 12.3. The lowest BCUT2D eigenvalue weighted by molar-refractivity contribution is 0.576. The molecule has 1 aromatic carbocycles. The Bertz CT molecular complexity index is 706. The zero-order chi connectivity index (χ0) is 14.0. The van der Waals surface area contributed by atoms with Crippen molar-refractivity contribution in [2.45, 2.75) is 18.2 Å². The van der Waals surface area contributed by atoms with Gasteiger partial charge in [-0.2, -0.15) is 25.3 Å². The zero-order valence-electron chi connectivity index (χ0n) is 10.6. The molecular formula is C13H16N2O2S2. The molecule has 2 rings (SSSR count). The first-order chi connectivity index (χ1) is 9.06. The van der Waals surface area contributed by atoms with Gasteiger partial charge < -0.3 is 0 Å².